The van der Waals surface area contributed by atoms with Crippen molar-refractivity contribution < 1.29 is 29.3 Å². The number of hydrogen-bond donors (Lipinski definition) is 2. The highest BCUT2D eigenvalue weighted by Crippen LogP contribution is 2.48. The summed E-state index contributed by atoms with van der Waals surface area (Å²) in [6.45, 7) is 1.32. The van der Waals surface area contributed by atoms with Crippen LogP contribution in [0, 0.1) is 11.8 Å². The Labute approximate surface area is 193 Å². The van der Waals surface area contributed by atoms with E-state index in [0.717, 1.165) is 5.56 Å². The number of carbonyl (C=O) groups excluding carboxylic acids is 2. The van der Waals surface area contributed by atoms with Crippen LogP contribution in [-0.2, 0) is 20.9 Å². The minimum absolute atomic E-state index is 0.0273. The van der Waals surface area contributed by atoms with Crippen molar-refractivity contribution in [3.63, 3.8) is 0 Å². The number of β-lactam (4-membered cyclic amide) rings is 1. The summed E-state index contributed by atoms with van der Waals surface area (Å²) < 4.78 is 11.4. The van der Waals surface area contributed by atoms with Gasteiger partial charge >= 0.3 is 5.97 Å². The van der Waals surface area contributed by atoms with Gasteiger partial charge in [-0.25, -0.2) is 4.79 Å². The van der Waals surface area contributed by atoms with Gasteiger partial charge in [0.2, 0.25) is 5.91 Å². The number of thioether (sulfide) groups is 1. The van der Waals surface area contributed by atoms with Gasteiger partial charge in [0.15, 0.2) is 4.34 Å². The molecule has 2 N–H and O–H groups in total. The lowest BCUT2D eigenvalue weighted by Gasteiger charge is -2.46. The van der Waals surface area contributed by atoms with E-state index in [9.17, 15) is 19.8 Å². The minimum atomic E-state index is -0.885. The number of methoxy groups -OCH3 is 1. The zero-order chi connectivity index (χ0) is 22.8. The fraction of sp³-hybridized carbons (Fsp3) is 0.429. The third-order valence-corrected chi connectivity index (χ3v) is 7.63. The van der Waals surface area contributed by atoms with E-state index in [1.165, 1.54) is 28.0 Å². The van der Waals surface area contributed by atoms with Crippen LogP contribution in [0.3, 0.4) is 0 Å². The van der Waals surface area contributed by atoms with E-state index in [1.807, 2.05) is 0 Å². The second kappa shape index (κ2) is 9.57. The van der Waals surface area contributed by atoms with Gasteiger partial charge in [-0.3, -0.25) is 4.79 Å². The largest absolute Gasteiger partial charge is 0.497 e. The maximum absolute atomic E-state index is 13.1. The molecule has 1 aromatic heterocycles. The number of fused-ring (bicyclic) bond motifs is 1. The van der Waals surface area contributed by atoms with Gasteiger partial charge in [-0.15, -0.1) is 10.2 Å². The number of rotatable bonds is 9. The molecule has 0 bridgehead atoms. The Bertz CT molecular complexity index is 1010. The number of nitrogens with zero attached hydrogens (tertiary/aromatic N) is 3. The van der Waals surface area contributed by atoms with Crippen LogP contribution in [0.1, 0.15) is 12.5 Å². The molecule has 0 saturated carbocycles. The third-order valence-electron chi connectivity index (χ3n) is 5.72. The van der Waals surface area contributed by atoms with E-state index in [-0.39, 0.29) is 24.8 Å². The van der Waals surface area contributed by atoms with Crippen molar-refractivity contribution in [3.05, 3.63) is 46.6 Å². The first-order valence-corrected chi connectivity index (χ1v) is 11.9. The van der Waals surface area contributed by atoms with Gasteiger partial charge in [0, 0.05) is 11.7 Å². The molecule has 32 heavy (non-hydrogen) atoms. The smallest absolute Gasteiger partial charge is 0.355 e. The summed E-state index contributed by atoms with van der Waals surface area (Å²) in [5.41, 5.74) is 3.16. The number of aromatic nitrogens is 2. The number of aliphatic hydroxyl groups is 2. The average molecular weight is 478 g/mol. The lowest BCUT2D eigenvalue weighted by atomic mass is 9.77. The predicted octanol–water partition coefficient (Wildman–Crippen LogP) is 1.47. The Morgan fingerprint density at radius 2 is 2.09 bits per heavy atom. The van der Waals surface area contributed by atoms with Crippen molar-refractivity contribution in [1.29, 1.82) is 0 Å². The average Bonchev–Trinajstić information content (AvgIpc) is 3.40. The highest BCUT2D eigenvalue weighted by Gasteiger charge is 2.61. The molecule has 0 radical (unpaired) electrons. The molecule has 0 spiro atoms. The molecule has 9 nitrogen and oxygen atoms in total. The van der Waals surface area contributed by atoms with Gasteiger partial charge in [0.1, 0.15) is 23.6 Å². The van der Waals surface area contributed by atoms with Gasteiger partial charge in [0.25, 0.3) is 0 Å². The Hall–Kier alpha value is -2.47. The molecule has 11 heteroatoms. The standard InChI is InChI=1S/C21H23N3O6S2/c1-11(26)16-17-14(7-25)15(9-31-21-23-22-10-32-21)18(24(17)19(16)27)20(28)30-8-12-3-5-13(29-2)6-4-12/h3-6,10-11,14,16-17,25-26H,7-9H2,1-2H3/t11-,14-,16-,17-/m1/s1. The van der Waals surface area contributed by atoms with E-state index in [1.54, 1.807) is 43.8 Å². The highest BCUT2D eigenvalue weighted by molar-refractivity contribution is 8.01. The number of esters is 1. The van der Waals surface area contributed by atoms with Crippen LogP contribution >= 0.6 is 23.1 Å². The molecule has 170 valence electrons. The van der Waals surface area contributed by atoms with Crippen molar-refractivity contribution in [1.82, 2.24) is 15.1 Å². The van der Waals surface area contributed by atoms with Crippen LogP contribution in [0.15, 0.2) is 45.4 Å². The van der Waals surface area contributed by atoms with Crippen LogP contribution in [0.4, 0.5) is 0 Å². The first-order chi connectivity index (χ1) is 15.5. The van der Waals surface area contributed by atoms with Crippen molar-refractivity contribution in [2.75, 3.05) is 19.5 Å². The molecule has 0 unspecified atom stereocenters. The fourth-order valence-electron chi connectivity index (χ4n) is 4.18. The number of benzene rings is 1. The molecular weight excluding hydrogens is 454 g/mol. The molecule has 0 aliphatic carbocycles. The third kappa shape index (κ3) is 4.13. The van der Waals surface area contributed by atoms with E-state index in [2.05, 4.69) is 10.2 Å². The van der Waals surface area contributed by atoms with Crippen LogP contribution < -0.4 is 4.74 Å². The molecule has 1 saturated heterocycles. The summed E-state index contributed by atoms with van der Waals surface area (Å²) in [6.07, 6.45) is -0.885. The first kappa shape index (κ1) is 22.7. The van der Waals surface area contributed by atoms with E-state index >= 15 is 0 Å². The summed E-state index contributed by atoms with van der Waals surface area (Å²) in [5, 5.41) is 28.0. The normalized spacial score (nSPS) is 23.1. The van der Waals surface area contributed by atoms with E-state index in [4.69, 9.17) is 9.47 Å². The number of ether oxygens (including phenoxy) is 2. The van der Waals surface area contributed by atoms with E-state index < -0.39 is 30.0 Å². The Kier molecular flexibility index (Phi) is 6.79. The van der Waals surface area contributed by atoms with Gasteiger partial charge in [-0.2, -0.15) is 0 Å². The zero-order valence-corrected chi connectivity index (χ0v) is 19.1. The molecule has 2 aliphatic heterocycles. The van der Waals surface area contributed by atoms with Crippen molar-refractivity contribution in [2.45, 2.75) is 30.0 Å². The summed E-state index contributed by atoms with van der Waals surface area (Å²) in [5.74, 6) is -1.06. The minimum Gasteiger partial charge on any atom is -0.497 e. The summed E-state index contributed by atoms with van der Waals surface area (Å²) in [7, 11) is 1.57. The lowest BCUT2D eigenvalue weighted by molar-refractivity contribution is -0.165. The van der Waals surface area contributed by atoms with Crippen molar-refractivity contribution in [3.8, 4) is 5.75 Å². The molecule has 1 aromatic carbocycles. The molecule has 1 fully saturated rings. The van der Waals surface area contributed by atoms with Gasteiger partial charge < -0.3 is 24.6 Å². The molecule has 2 aromatic rings. The van der Waals surface area contributed by atoms with Crippen LogP contribution in [0.5, 0.6) is 5.75 Å². The monoisotopic (exact) mass is 477 g/mol. The van der Waals surface area contributed by atoms with Gasteiger partial charge in [-0.1, -0.05) is 35.2 Å². The summed E-state index contributed by atoms with van der Waals surface area (Å²) in [4.78, 5) is 27.3. The Morgan fingerprint density at radius 1 is 1.34 bits per heavy atom. The fourth-order valence-corrected chi connectivity index (χ4v) is 5.77. The summed E-state index contributed by atoms with van der Waals surface area (Å²) >= 11 is 2.75. The molecule has 4 rings (SSSR count). The first-order valence-electron chi connectivity index (χ1n) is 10.00. The Morgan fingerprint density at radius 3 is 2.69 bits per heavy atom. The molecule has 3 heterocycles. The van der Waals surface area contributed by atoms with Gasteiger partial charge in [0.05, 0.1) is 31.8 Å². The number of aliphatic hydroxyl groups excluding tert-OH is 2. The molecule has 2 aliphatic rings. The highest BCUT2D eigenvalue weighted by atomic mass is 32.2. The van der Waals surface area contributed by atoms with Crippen LogP contribution in [0.2, 0.25) is 0 Å². The van der Waals surface area contributed by atoms with Crippen molar-refractivity contribution in [2.24, 2.45) is 11.8 Å². The number of hydrogen-bond acceptors (Lipinski definition) is 10. The topological polar surface area (TPSA) is 122 Å². The van der Waals surface area contributed by atoms with Gasteiger partial charge in [-0.05, 0) is 30.2 Å². The van der Waals surface area contributed by atoms with Crippen molar-refractivity contribution >= 4 is 35.0 Å². The molecule has 4 atom stereocenters. The van der Waals surface area contributed by atoms with E-state index in [0.29, 0.717) is 21.4 Å². The molecular formula is C21H23N3O6S2. The predicted molar refractivity (Wildman–Crippen MR) is 117 cm³/mol. The zero-order valence-electron chi connectivity index (χ0n) is 17.5. The lowest BCUT2D eigenvalue weighted by Crippen LogP contribution is -2.64. The Balaban J connectivity index is 1.58. The maximum Gasteiger partial charge on any atom is 0.355 e. The quantitative estimate of drug-likeness (QED) is 0.314. The van der Waals surface area contributed by atoms with Crippen LogP contribution in [0.25, 0.3) is 0 Å². The molecule has 1 amide bonds. The second-order valence-corrected chi connectivity index (χ2v) is 9.60. The number of carbonyl (C=O) groups is 2. The summed E-state index contributed by atoms with van der Waals surface area (Å²) in [6, 6.07) is 6.65. The number of amides is 1. The second-order valence-electron chi connectivity index (χ2n) is 7.55. The SMILES string of the molecule is COc1ccc(COC(=O)C2=C(CSc3nncs3)[C@@H](CO)[C@@H]3[C@@H]([C@@H](C)O)C(=O)N23)cc1. The van der Waals surface area contributed by atoms with Crippen LogP contribution in [-0.4, -0.2) is 68.8 Å². The maximum atomic E-state index is 13.1.